The van der Waals surface area contributed by atoms with Gasteiger partial charge >= 0.3 is 6.03 Å². The van der Waals surface area contributed by atoms with Gasteiger partial charge in [-0.1, -0.05) is 5.21 Å². The molecule has 0 bridgehead atoms. The number of methoxy groups -OCH3 is 1. The number of ether oxygens (including phenoxy) is 2. The third-order valence-corrected chi connectivity index (χ3v) is 3.78. The quantitative estimate of drug-likeness (QED) is 0.778. The Labute approximate surface area is 139 Å². The van der Waals surface area contributed by atoms with E-state index >= 15 is 0 Å². The highest BCUT2D eigenvalue weighted by Gasteiger charge is 2.34. The van der Waals surface area contributed by atoms with Crippen LogP contribution in [-0.4, -0.2) is 39.4 Å². The Kier molecular flexibility index (Phi) is 4.24. The fraction of sp³-hybridized carbons (Fsp3) is 0.467. The Morgan fingerprint density at radius 2 is 2.33 bits per heavy atom. The maximum Gasteiger partial charge on any atom is 0.315 e. The van der Waals surface area contributed by atoms with Crippen LogP contribution in [0.2, 0.25) is 0 Å². The highest BCUT2D eigenvalue weighted by atomic mass is 16.5. The number of hydrogen-bond donors (Lipinski definition) is 3. The number of H-pyrrole nitrogens is 1. The average molecular weight is 332 g/mol. The lowest BCUT2D eigenvalue weighted by molar-refractivity contribution is 0.0677. The summed E-state index contributed by atoms with van der Waals surface area (Å²) >= 11 is 0. The van der Waals surface area contributed by atoms with E-state index < -0.39 is 0 Å². The molecule has 1 aliphatic rings. The second kappa shape index (κ2) is 6.34. The van der Waals surface area contributed by atoms with E-state index in [2.05, 4.69) is 31.3 Å². The molecule has 9 heteroatoms. The fourth-order valence-corrected chi connectivity index (χ4v) is 2.71. The van der Waals surface area contributed by atoms with Crippen molar-refractivity contribution in [2.75, 3.05) is 7.11 Å². The highest BCUT2D eigenvalue weighted by Crippen LogP contribution is 2.41. The highest BCUT2D eigenvalue weighted by molar-refractivity contribution is 5.74. The van der Waals surface area contributed by atoms with Gasteiger partial charge in [-0.05, 0) is 32.0 Å². The number of hydrogen-bond acceptors (Lipinski definition) is 6. The van der Waals surface area contributed by atoms with Crippen LogP contribution in [-0.2, 0) is 6.54 Å². The van der Waals surface area contributed by atoms with Crippen molar-refractivity contribution in [2.45, 2.75) is 38.5 Å². The Bertz CT molecular complexity index is 716. The van der Waals surface area contributed by atoms with Crippen molar-refractivity contribution in [1.29, 1.82) is 0 Å². The van der Waals surface area contributed by atoms with Crippen molar-refractivity contribution in [3.8, 4) is 11.5 Å². The topological polar surface area (TPSA) is 114 Å². The molecular formula is C15H20N6O3. The van der Waals surface area contributed by atoms with E-state index in [-0.39, 0.29) is 24.2 Å². The summed E-state index contributed by atoms with van der Waals surface area (Å²) in [5.41, 5.74) is 0.510. The van der Waals surface area contributed by atoms with Gasteiger partial charge in [0.1, 0.15) is 17.1 Å². The summed E-state index contributed by atoms with van der Waals surface area (Å²) in [4.78, 5) is 12.2. The molecule has 24 heavy (non-hydrogen) atoms. The van der Waals surface area contributed by atoms with Crippen LogP contribution in [0.5, 0.6) is 11.5 Å². The second-order valence-corrected chi connectivity index (χ2v) is 6.18. The minimum Gasteiger partial charge on any atom is -0.497 e. The number of benzene rings is 1. The summed E-state index contributed by atoms with van der Waals surface area (Å²) in [6.45, 7) is 4.18. The van der Waals surface area contributed by atoms with Gasteiger partial charge in [-0.25, -0.2) is 4.79 Å². The van der Waals surface area contributed by atoms with E-state index in [0.29, 0.717) is 12.2 Å². The molecular weight excluding hydrogens is 312 g/mol. The molecule has 3 N–H and O–H groups in total. The van der Waals surface area contributed by atoms with Crippen LogP contribution < -0.4 is 20.1 Å². The number of amides is 2. The van der Waals surface area contributed by atoms with Crippen molar-refractivity contribution in [2.24, 2.45) is 0 Å². The molecule has 2 amide bonds. The molecule has 9 nitrogen and oxygen atoms in total. The Morgan fingerprint density at radius 3 is 3.04 bits per heavy atom. The first-order chi connectivity index (χ1) is 11.5. The van der Waals surface area contributed by atoms with E-state index in [9.17, 15) is 4.79 Å². The van der Waals surface area contributed by atoms with Crippen molar-refractivity contribution in [3.05, 3.63) is 29.6 Å². The van der Waals surface area contributed by atoms with E-state index in [1.54, 1.807) is 7.11 Å². The Balaban J connectivity index is 1.73. The van der Waals surface area contributed by atoms with Crippen molar-refractivity contribution in [1.82, 2.24) is 31.3 Å². The maximum absolute atomic E-state index is 12.2. The SMILES string of the molecule is COc1ccc2c(c1)C(NC(=O)NCc1nn[nH]n1)CC(C)(C)O2. The third-order valence-electron chi connectivity index (χ3n) is 3.78. The van der Waals surface area contributed by atoms with E-state index in [1.807, 2.05) is 32.0 Å². The van der Waals surface area contributed by atoms with Crippen LogP contribution in [0.1, 0.15) is 37.7 Å². The summed E-state index contributed by atoms with van der Waals surface area (Å²) in [5.74, 6) is 1.88. The molecule has 1 aromatic heterocycles. The zero-order valence-electron chi connectivity index (χ0n) is 13.8. The largest absolute Gasteiger partial charge is 0.497 e. The number of aromatic nitrogens is 4. The van der Waals surface area contributed by atoms with Gasteiger partial charge < -0.3 is 20.1 Å². The van der Waals surface area contributed by atoms with E-state index in [1.165, 1.54) is 0 Å². The van der Waals surface area contributed by atoms with Gasteiger partial charge in [0.15, 0.2) is 5.82 Å². The smallest absolute Gasteiger partial charge is 0.315 e. The predicted octanol–water partition coefficient (Wildman–Crippen LogP) is 1.31. The number of carbonyl (C=O) groups is 1. The first-order valence-corrected chi connectivity index (χ1v) is 7.60. The molecule has 0 fully saturated rings. The number of carbonyl (C=O) groups excluding carboxylic acids is 1. The zero-order chi connectivity index (χ0) is 17.2. The van der Waals surface area contributed by atoms with Gasteiger partial charge in [-0.2, -0.15) is 5.21 Å². The third kappa shape index (κ3) is 3.55. The molecule has 2 heterocycles. The molecule has 0 spiro atoms. The van der Waals surface area contributed by atoms with E-state index in [4.69, 9.17) is 9.47 Å². The first-order valence-electron chi connectivity index (χ1n) is 7.60. The Morgan fingerprint density at radius 1 is 1.50 bits per heavy atom. The predicted molar refractivity (Wildman–Crippen MR) is 84.6 cm³/mol. The monoisotopic (exact) mass is 332 g/mol. The molecule has 0 saturated carbocycles. The minimum atomic E-state index is -0.382. The van der Waals surface area contributed by atoms with Crippen LogP contribution >= 0.6 is 0 Å². The number of aromatic amines is 1. The second-order valence-electron chi connectivity index (χ2n) is 6.18. The molecule has 0 saturated heterocycles. The van der Waals surface area contributed by atoms with Gasteiger partial charge in [0, 0.05) is 12.0 Å². The summed E-state index contributed by atoms with van der Waals surface area (Å²) in [7, 11) is 1.61. The van der Waals surface area contributed by atoms with Crippen LogP contribution in [0.25, 0.3) is 0 Å². The number of fused-ring (bicyclic) bond motifs is 1. The molecule has 0 radical (unpaired) electrons. The molecule has 1 aliphatic heterocycles. The molecule has 128 valence electrons. The van der Waals surface area contributed by atoms with Crippen LogP contribution in [0, 0.1) is 0 Å². The fourth-order valence-electron chi connectivity index (χ4n) is 2.71. The van der Waals surface area contributed by atoms with Crippen LogP contribution in [0.4, 0.5) is 4.79 Å². The lowest BCUT2D eigenvalue weighted by Crippen LogP contribution is -2.44. The molecule has 2 aromatic rings. The zero-order valence-corrected chi connectivity index (χ0v) is 13.8. The summed E-state index contributed by atoms with van der Waals surface area (Å²) in [6, 6.07) is 5.09. The van der Waals surface area contributed by atoms with Gasteiger partial charge in [0.25, 0.3) is 0 Å². The number of nitrogens with zero attached hydrogens (tertiary/aromatic N) is 3. The van der Waals surface area contributed by atoms with Gasteiger partial charge in [0.05, 0.1) is 19.7 Å². The van der Waals surface area contributed by atoms with Gasteiger partial charge in [-0.15, -0.1) is 10.2 Å². The van der Waals surface area contributed by atoms with Gasteiger partial charge in [-0.3, -0.25) is 0 Å². The first kappa shape index (κ1) is 16.0. The maximum atomic E-state index is 12.2. The standard InChI is InChI=1S/C15H20N6O3/c1-15(2)7-11(10-6-9(23-3)4-5-12(10)24-15)17-14(22)16-8-13-18-20-21-19-13/h4-6,11H,7-8H2,1-3H3,(H2,16,17,22)(H,18,19,20,21). The number of tetrazole rings is 1. The lowest BCUT2D eigenvalue weighted by Gasteiger charge is -2.38. The molecule has 1 unspecified atom stereocenters. The molecule has 1 atom stereocenters. The molecule has 1 aromatic carbocycles. The van der Waals surface area contributed by atoms with Crippen LogP contribution in [0.15, 0.2) is 18.2 Å². The number of nitrogens with one attached hydrogen (secondary N) is 3. The van der Waals surface area contributed by atoms with Crippen molar-refractivity contribution < 1.29 is 14.3 Å². The summed E-state index contributed by atoms with van der Waals surface area (Å²) in [5, 5.41) is 19.0. The normalized spacial score (nSPS) is 18.2. The van der Waals surface area contributed by atoms with E-state index in [0.717, 1.165) is 17.1 Å². The number of urea groups is 1. The summed E-state index contributed by atoms with van der Waals surface area (Å²) < 4.78 is 11.3. The van der Waals surface area contributed by atoms with Crippen molar-refractivity contribution >= 4 is 6.03 Å². The Hall–Kier alpha value is -2.84. The lowest BCUT2D eigenvalue weighted by atomic mass is 9.89. The minimum absolute atomic E-state index is 0.191. The van der Waals surface area contributed by atoms with Crippen LogP contribution in [0.3, 0.4) is 0 Å². The number of rotatable bonds is 4. The average Bonchev–Trinajstić information content (AvgIpc) is 3.05. The molecule has 0 aliphatic carbocycles. The summed E-state index contributed by atoms with van der Waals surface area (Å²) in [6.07, 6.45) is 0.642. The van der Waals surface area contributed by atoms with Gasteiger partial charge in [0.2, 0.25) is 0 Å². The molecule has 3 rings (SSSR count). The van der Waals surface area contributed by atoms with Crippen molar-refractivity contribution in [3.63, 3.8) is 0 Å².